The average molecular weight is 391 g/mol. The van der Waals surface area contributed by atoms with Crippen LogP contribution in [-0.4, -0.2) is 64.9 Å². The van der Waals surface area contributed by atoms with Gasteiger partial charge in [-0.2, -0.15) is 0 Å². The van der Waals surface area contributed by atoms with Gasteiger partial charge in [0.1, 0.15) is 11.9 Å². The van der Waals surface area contributed by atoms with Gasteiger partial charge in [0.2, 0.25) is 0 Å². The SMILES string of the molecule is CN1C2CCC1CC(OC(=O)COc1ccccc1)C2.O=C(O)/C=C\C(=O)O. The molecule has 28 heavy (non-hydrogen) atoms. The molecule has 2 atom stereocenters. The summed E-state index contributed by atoms with van der Waals surface area (Å²) in [7, 11) is 2.18. The van der Waals surface area contributed by atoms with Crippen molar-refractivity contribution in [2.75, 3.05) is 13.7 Å². The molecule has 3 rings (SSSR count). The van der Waals surface area contributed by atoms with Crippen molar-refractivity contribution in [3.63, 3.8) is 0 Å². The molecule has 2 heterocycles. The third kappa shape index (κ3) is 7.03. The summed E-state index contributed by atoms with van der Waals surface area (Å²) in [6.07, 6.45) is 5.57. The second-order valence-corrected chi connectivity index (χ2v) is 6.75. The van der Waals surface area contributed by atoms with Crippen LogP contribution in [0.1, 0.15) is 25.7 Å². The first-order chi connectivity index (χ1) is 13.3. The van der Waals surface area contributed by atoms with Crippen LogP contribution in [0.4, 0.5) is 0 Å². The van der Waals surface area contributed by atoms with Gasteiger partial charge in [0.25, 0.3) is 0 Å². The Morgan fingerprint density at radius 3 is 2.07 bits per heavy atom. The quantitative estimate of drug-likeness (QED) is 0.559. The maximum atomic E-state index is 11.8. The van der Waals surface area contributed by atoms with Crippen LogP contribution in [0.15, 0.2) is 42.5 Å². The highest BCUT2D eigenvalue weighted by Gasteiger charge is 2.39. The van der Waals surface area contributed by atoms with E-state index in [1.54, 1.807) is 0 Å². The molecule has 8 heteroatoms. The average Bonchev–Trinajstić information content (AvgIpc) is 2.87. The van der Waals surface area contributed by atoms with Gasteiger partial charge < -0.3 is 24.6 Å². The smallest absolute Gasteiger partial charge is 0.344 e. The molecule has 2 aliphatic heterocycles. The number of aliphatic carboxylic acids is 2. The van der Waals surface area contributed by atoms with Gasteiger partial charge >= 0.3 is 17.9 Å². The first-order valence-electron chi connectivity index (χ1n) is 9.08. The minimum absolute atomic E-state index is 0.00825. The molecule has 0 spiro atoms. The highest BCUT2D eigenvalue weighted by Crippen LogP contribution is 2.35. The Kier molecular flexibility index (Phi) is 8.01. The first kappa shape index (κ1) is 21.4. The molecule has 0 aromatic heterocycles. The van der Waals surface area contributed by atoms with E-state index in [0.717, 1.165) is 12.8 Å². The summed E-state index contributed by atoms with van der Waals surface area (Å²) in [5.74, 6) is -2.07. The van der Waals surface area contributed by atoms with Gasteiger partial charge in [0.05, 0.1) is 0 Å². The summed E-state index contributed by atoms with van der Waals surface area (Å²) in [6, 6.07) is 10.5. The van der Waals surface area contributed by atoms with Crippen molar-refractivity contribution >= 4 is 17.9 Å². The third-order valence-corrected chi connectivity index (χ3v) is 4.82. The number of nitrogens with zero attached hydrogens (tertiary/aromatic N) is 1. The molecule has 152 valence electrons. The number of carboxylic acids is 2. The van der Waals surface area contributed by atoms with Crippen molar-refractivity contribution in [2.24, 2.45) is 0 Å². The van der Waals surface area contributed by atoms with Crippen LogP contribution in [-0.2, 0) is 19.1 Å². The molecule has 0 aliphatic carbocycles. The fraction of sp³-hybridized carbons (Fsp3) is 0.450. The molecule has 2 fully saturated rings. The zero-order valence-corrected chi connectivity index (χ0v) is 15.7. The fourth-order valence-electron chi connectivity index (χ4n) is 3.48. The summed E-state index contributed by atoms with van der Waals surface area (Å²) in [5, 5.41) is 15.6. The van der Waals surface area contributed by atoms with Gasteiger partial charge in [0, 0.05) is 24.2 Å². The van der Waals surface area contributed by atoms with Gasteiger partial charge in [-0.3, -0.25) is 0 Å². The number of rotatable bonds is 6. The van der Waals surface area contributed by atoms with Crippen molar-refractivity contribution in [1.82, 2.24) is 4.90 Å². The minimum atomic E-state index is -1.26. The summed E-state index contributed by atoms with van der Waals surface area (Å²) in [6.45, 7) is -0.00825. The Morgan fingerprint density at radius 2 is 1.57 bits per heavy atom. The van der Waals surface area contributed by atoms with Crippen LogP contribution < -0.4 is 4.74 Å². The van der Waals surface area contributed by atoms with E-state index in [4.69, 9.17) is 19.7 Å². The number of benzene rings is 1. The molecule has 2 unspecified atom stereocenters. The van der Waals surface area contributed by atoms with Gasteiger partial charge in [-0.25, -0.2) is 14.4 Å². The van der Waals surface area contributed by atoms with Gasteiger partial charge in [-0.15, -0.1) is 0 Å². The third-order valence-electron chi connectivity index (χ3n) is 4.82. The standard InChI is InChI=1S/C16H21NO3.C4H4O4/c1-17-12-7-8-13(17)10-15(9-12)20-16(18)11-19-14-5-3-2-4-6-14;5-3(6)1-2-4(7)8/h2-6,12-13,15H,7-11H2,1H3;1-2H,(H,5,6)(H,7,8)/b;2-1-. The number of hydrogen-bond acceptors (Lipinski definition) is 6. The lowest BCUT2D eigenvalue weighted by atomic mass is 10.0. The number of piperidine rings is 1. The molecule has 0 saturated carbocycles. The van der Waals surface area contributed by atoms with Crippen molar-refractivity contribution in [2.45, 2.75) is 43.9 Å². The molecule has 1 aromatic carbocycles. The second kappa shape index (κ2) is 10.5. The zero-order valence-electron chi connectivity index (χ0n) is 15.7. The van der Waals surface area contributed by atoms with Gasteiger partial charge in [-0.1, -0.05) is 18.2 Å². The summed E-state index contributed by atoms with van der Waals surface area (Å²) >= 11 is 0. The van der Waals surface area contributed by atoms with Crippen LogP contribution in [0.25, 0.3) is 0 Å². The van der Waals surface area contributed by atoms with E-state index in [-0.39, 0.29) is 18.7 Å². The maximum absolute atomic E-state index is 11.8. The van der Waals surface area contributed by atoms with Crippen LogP contribution >= 0.6 is 0 Å². The van der Waals surface area contributed by atoms with E-state index in [0.29, 0.717) is 30.0 Å². The number of para-hydroxylation sites is 1. The highest BCUT2D eigenvalue weighted by atomic mass is 16.6. The van der Waals surface area contributed by atoms with E-state index >= 15 is 0 Å². The molecular formula is C20H25NO7. The maximum Gasteiger partial charge on any atom is 0.344 e. The van der Waals surface area contributed by atoms with Crippen LogP contribution in [0, 0.1) is 0 Å². The lowest BCUT2D eigenvalue weighted by Crippen LogP contribution is -2.43. The molecule has 2 N–H and O–H groups in total. The van der Waals surface area contributed by atoms with E-state index in [2.05, 4.69) is 11.9 Å². The fourth-order valence-corrected chi connectivity index (χ4v) is 3.48. The van der Waals surface area contributed by atoms with E-state index in [9.17, 15) is 14.4 Å². The highest BCUT2D eigenvalue weighted by molar-refractivity contribution is 5.89. The number of fused-ring (bicyclic) bond motifs is 2. The molecular weight excluding hydrogens is 366 g/mol. The Bertz CT molecular complexity index is 674. The Morgan fingerprint density at radius 1 is 1.04 bits per heavy atom. The van der Waals surface area contributed by atoms with Gasteiger partial charge in [0.15, 0.2) is 6.61 Å². The lowest BCUT2D eigenvalue weighted by Gasteiger charge is -2.35. The molecule has 0 radical (unpaired) electrons. The normalized spacial score (nSPS) is 23.5. The second-order valence-electron chi connectivity index (χ2n) is 6.75. The van der Waals surface area contributed by atoms with Crippen molar-refractivity contribution in [3.8, 4) is 5.75 Å². The Hall–Kier alpha value is -2.87. The number of hydrogen-bond donors (Lipinski definition) is 2. The molecule has 2 aliphatic rings. The number of carboxylic acid groups (broad SMARTS) is 2. The number of esters is 1. The summed E-state index contributed by atoms with van der Waals surface area (Å²) < 4.78 is 11.0. The molecule has 1 aromatic rings. The Labute approximate surface area is 163 Å². The topological polar surface area (TPSA) is 113 Å². The predicted molar refractivity (Wildman–Crippen MR) is 100 cm³/mol. The van der Waals surface area contributed by atoms with E-state index < -0.39 is 11.9 Å². The van der Waals surface area contributed by atoms with Crippen molar-refractivity contribution in [3.05, 3.63) is 42.5 Å². The van der Waals surface area contributed by atoms with E-state index in [1.807, 2.05) is 30.3 Å². The number of carbonyl (C=O) groups excluding carboxylic acids is 1. The molecule has 8 nitrogen and oxygen atoms in total. The largest absolute Gasteiger partial charge is 0.482 e. The molecule has 2 bridgehead atoms. The van der Waals surface area contributed by atoms with Crippen LogP contribution in [0.5, 0.6) is 5.75 Å². The molecule has 2 saturated heterocycles. The van der Waals surface area contributed by atoms with Crippen molar-refractivity contribution < 1.29 is 34.1 Å². The predicted octanol–water partition coefficient (Wildman–Crippen LogP) is 1.95. The Balaban J connectivity index is 0.000000300. The van der Waals surface area contributed by atoms with Crippen LogP contribution in [0.3, 0.4) is 0 Å². The van der Waals surface area contributed by atoms with E-state index in [1.165, 1.54) is 12.8 Å². The molecule has 0 amide bonds. The van der Waals surface area contributed by atoms with Gasteiger partial charge in [-0.05, 0) is 44.9 Å². The zero-order chi connectivity index (χ0) is 20.5. The number of ether oxygens (including phenoxy) is 2. The summed E-state index contributed by atoms with van der Waals surface area (Å²) in [4.78, 5) is 33.4. The summed E-state index contributed by atoms with van der Waals surface area (Å²) in [5.41, 5.74) is 0. The number of carbonyl (C=O) groups is 3. The lowest BCUT2D eigenvalue weighted by molar-refractivity contribution is -0.154. The first-order valence-corrected chi connectivity index (χ1v) is 9.08. The monoisotopic (exact) mass is 391 g/mol. The minimum Gasteiger partial charge on any atom is -0.482 e. The van der Waals surface area contributed by atoms with Crippen molar-refractivity contribution in [1.29, 1.82) is 0 Å². The van der Waals surface area contributed by atoms with Crippen LogP contribution in [0.2, 0.25) is 0 Å².